The minimum Gasteiger partial charge on any atom is -0.389 e. The smallest absolute Gasteiger partial charge is 0.0870 e. The van der Waals surface area contributed by atoms with E-state index in [-0.39, 0.29) is 12.5 Å². The summed E-state index contributed by atoms with van der Waals surface area (Å²) < 4.78 is 0. The van der Waals surface area contributed by atoms with Crippen LogP contribution in [0.15, 0.2) is 17.3 Å². The van der Waals surface area contributed by atoms with Crippen LogP contribution in [0.4, 0.5) is 0 Å². The van der Waals surface area contributed by atoms with Crippen LogP contribution in [0, 0.1) is 10.8 Å². The van der Waals surface area contributed by atoms with Gasteiger partial charge in [-0.25, -0.2) is 0 Å². The van der Waals surface area contributed by atoms with Gasteiger partial charge in [-0.15, -0.1) is 0 Å². The van der Waals surface area contributed by atoms with Crippen LogP contribution in [0.25, 0.3) is 0 Å². The normalized spacial score (nSPS) is 33.0. The summed E-state index contributed by atoms with van der Waals surface area (Å²) in [6.07, 6.45) is 3.92. The van der Waals surface area contributed by atoms with Crippen molar-refractivity contribution < 1.29 is 5.11 Å². The van der Waals surface area contributed by atoms with Gasteiger partial charge in [-0.05, 0) is 6.42 Å². The monoisotopic (exact) mass is 127 g/mol. The summed E-state index contributed by atoms with van der Waals surface area (Å²) in [6.45, 7) is 0.230. The maximum Gasteiger partial charge on any atom is 0.0870 e. The number of rotatable bonds is 2. The maximum absolute atomic E-state index is 9.72. The van der Waals surface area contributed by atoms with Gasteiger partial charge in [0.1, 0.15) is 0 Å². The third-order valence-corrected chi connectivity index (χ3v) is 1.56. The predicted molar refractivity (Wildman–Crippen MR) is 33.9 cm³/mol. The predicted octanol–water partition coefficient (Wildman–Crippen LogP) is 0.690. The maximum atomic E-state index is 9.72. The fraction of sp³-hybridized carbons (Fsp3) is 0.667. The third-order valence-electron chi connectivity index (χ3n) is 1.56. The standard InChI is InChI=1S/C6H9NO2/c8-6-3-1-2-5(6)4-7-9/h1,3,5-6,8H,2,4H2/t5-,6-/m1/s1. The fourth-order valence-corrected chi connectivity index (χ4v) is 0.968. The molecule has 1 aliphatic carbocycles. The molecule has 0 aliphatic heterocycles. The summed E-state index contributed by atoms with van der Waals surface area (Å²) in [5.41, 5.74) is 0. The Bertz CT molecular complexity index is 133. The Morgan fingerprint density at radius 3 is 3.00 bits per heavy atom. The Kier molecular flexibility index (Phi) is 1.95. The Balaban J connectivity index is 2.36. The summed E-state index contributed by atoms with van der Waals surface area (Å²) in [5.74, 6) is 0.0440. The highest BCUT2D eigenvalue weighted by Gasteiger charge is 2.19. The molecule has 1 aliphatic rings. The van der Waals surface area contributed by atoms with Crippen LogP contribution in [0.1, 0.15) is 6.42 Å². The van der Waals surface area contributed by atoms with Crippen molar-refractivity contribution in [1.82, 2.24) is 0 Å². The number of hydrogen-bond donors (Lipinski definition) is 1. The van der Waals surface area contributed by atoms with E-state index < -0.39 is 6.10 Å². The van der Waals surface area contributed by atoms with E-state index >= 15 is 0 Å². The average molecular weight is 127 g/mol. The molecule has 3 nitrogen and oxygen atoms in total. The molecule has 0 radical (unpaired) electrons. The van der Waals surface area contributed by atoms with Crippen LogP contribution in [-0.2, 0) is 0 Å². The quantitative estimate of drug-likeness (QED) is 0.438. The molecule has 0 saturated carbocycles. The largest absolute Gasteiger partial charge is 0.389 e. The molecule has 9 heavy (non-hydrogen) atoms. The van der Waals surface area contributed by atoms with Gasteiger partial charge in [0.2, 0.25) is 0 Å². The van der Waals surface area contributed by atoms with E-state index in [9.17, 15) is 4.91 Å². The average Bonchev–Trinajstić information content (AvgIpc) is 2.18. The Morgan fingerprint density at radius 2 is 2.56 bits per heavy atom. The minimum absolute atomic E-state index is 0.0440. The van der Waals surface area contributed by atoms with Gasteiger partial charge >= 0.3 is 0 Å². The first-order valence-electron chi connectivity index (χ1n) is 2.98. The highest BCUT2D eigenvalue weighted by Crippen LogP contribution is 2.18. The molecule has 0 unspecified atom stereocenters. The summed E-state index contributed by atoms with van der Waals surface area (Å²) in [6, 6.07) is 0. The van der Waals surface area contributed by atoms with Crippen molar-refractivity contribution in [2.75, 3.05) is 6.54 Å². The lowest BCUT2D eigenvalue weighted by Gasteiger charge is -2.07. The van der Waals surface area contributed by atoms with Crippen molar-refractivity contribution in [1.29, 1.82) is 0 Å². The molecule has 0 aromatic heterocycles. The van der Waals surface area contributed by atoms with Crippen LogP contribution < -0.4 is 0 Å². The van der Waals surface area contributed by atoms with E-state index in [0.29, 0.717) is 0 Å². The third kappa shape index (κ3) is 1.36. The molecule has 1 N–H and O–H groups in total. The van der Waals surface area contributed by atoms with Gasteiger partial charge in [-0.3, -0.25) is 0 Å². The number of allylic oxidation sites excluding steroid dienone is 1. The molecule has 1 rings (SSSR count). The van der Waals surface area contributed by atoms with Gasteiger partial charge in [0.15, 0.2) is 0 Å². The number of hydrogen-bond acceptors (Lipinski definition) is 3. The zero-order chi connectivity index (χ0) is 6.69. The second kappa shape index (κ2) is 2.73. The highest BCUT2D eigenvalue weighted by molar-refractivity contribution is 5.02. The zero-order valence-corrected chi connectivity index (χ0v) is 5.03. The molecule has 0 spiro atoms. The van der Waals surface area contributed by atoms with Crippen LogP contribution in [0.2, 0.25) is 0 Å². The molecular formula is C6H9NO2. The van der Waals surface area contributed by atoms with E-state index in [4.69, 9.17) is 5.11 Å². The summed E-state index contributed by atoms with van der Waals surface area (Å²) >= 11 is 0. The highest BCUT2D eigenvalue weighted by atomic mass is 16.3. The molecule has 50 valence electrons. The van der Waals surface area contributed by atoms with Crippen molar-refractivity contribution >= 4 is 0 Å². The lowest BCUT2D eigenvalue weighted by molar-refractivity contribution is 0.169. The van der Waals surface area contributed by atoms with Crippen molar-refractivity contribution in [2.45, 2.75) is 12.5 Å². The second-order valence-corrected chi connectivity index (χ2v) is 2.23. The Labute approximate surface area is 53.4 Å². The van der Waals surface area contributed by atoms with E-state index in [0.717, 1.165) is 6.42 Å². The second-order valence-electron chi connectivity index (χ2n) is 2.23. The topological polar surface area (TPSA) is 49.7 Å². The van der Waals surface area contributed by atoms with Gasteiger partial charge in [0.05, 0.1) is 12.6 Å². The van der Waals surface area contributed by atoms with Gasteiger partial charge < -0.3 is 5.11 Å². The minimum atomic E-state index is -0.442. The molecular weight excluding hydrogens is 118 g/mol. The number of aliphatic hydroxyl groups is 1. The number of nitroso groups, excluding NO2 is 1. The Hall–Kier alpha value is -0.700. The molecule has 0 fully saturated rings. The lowest BCUT2D eigenvalue weighted by Crippen LogP contribution is -2.15. The van der Waals surface area contributed by atoms with Crippen LogP contribution in [0.5, 0.6) is 0 Å². The van der Waals surface area contributed by atoms with Gasteiger partial charge in [0, 0.05) is 5.92 Å². The molecule has 3 heteroatoms. The van der Waals surface area contributed by atoms with Gasteiger partial charge in [0.25, 0.3) is 0 Å². The van der Waals surface area contributed by atoms with Crippen molar-refractivity contribution in [2.24, 2.45) is 11.1 Å². The van der Waals surface area contributed by atoms with E-state index in [1.807, 2.05) is 6.08 Å². The molecule has 0 heterocycles. The van der Waals surface area contributed by atoms with Crippen LogP contribution >= 0.6 is 0 Å². The first-order valence-corrected chi connectivity index (χ1v) is 2.98. The zero-order valence-electron chi connectivity index (χ0n) is 5.03. The van der Waals surface area contributed by atoms with Crippen LogP contribution in [0.3, 0.4) is 0 Å². The molecule has 0 saturated heterocycles. The van der Waals surface area contributed by atoms with Crippen molar-refractivity contribution in [3.05, 3.63) is 17.1 Å². The lowest BCUT2D eigenvalue weighted by atomic mass is 10.1. The SMILES string of the molecule is O=NC[C@H]1CC=C[C@H]1O. The first-order chi connectivity index (χ1) is 4.34. The molecule has 0 aromatic rings. The number of nitrogens with zero attached hydrogens (tertiary/aromatic N) is 1. The Morgan fingerprint density at radius 1 is 1.78 bits per heavy atom. The fourth-order valence-electron chi connectivity index (χ4n) is 0.968. The van der Waals surface area contributed by atoms with Gasteiger partial charge in [-0.2, -0.15) is 4.91 Å². The van der Waals surface area contributed by atoms with E-state index in [2.05, 4.69) is 5.18 Å². The van der Waals surface area contributed by atoms with Crippen LogP contribution in [-0.4, -0.2) is 17.8 Å². The molecule has 0 bridgehead atoms. The van der Waals surface area contributed by atoms with Crippen molar-refractivity contribution in [3.8, 4) is 0 Å². The first kappa shape index (κ1) is 6.42. The van der Waals surface area contributed by atoms with E-state index in [1.54, 1.807) is 6.08 Å². The van der Waals surface area contributed by atoms with Crippen molar-refractivity contribution in [3.63, 3.8) is 0 Å². The summed E-state index contributed by atoms with van der Waals surface area (Å²) in [4.78, 5) is 9.72. The van der Waals surface area contributed by atoms with Gasteiger partial charge in [-0.1, -0.05) is 17.3 Å². The molecule has 0 aromatic carbocycles. The molecule has 0 amide bonds. The van der Waals surface area contributed by atoms with E-state index in [1.165, 1.54) is 0 Å². The molecule has 2 atom stereocenters. The summed E-state index contributed by atoms with van der Waals surface area (Å²) in [5, 5.41) is 11.8. The number of aliphatic hydroxyl groups excluding tert-OH is 1. The summed E-state index contributed by atoms with van der Waals surface area (Å²) in [7, 11) is 0.